The summed E-state index contributed by atoms with van der Waals surface area (Å²) in [5, 5.41) is 5.96. The van der Waals surface area contributed by atoms with Crippen molar-refractivity contribution in [3.8, 4) is 0 Å². The number of nitrogens with one attached hydrogen (secondary N) is 1. The molecule has 0 bridgehead atoms. The van der Waals surface area contributed by atoms with Crippen LogP contribution in [0.3, 0.4) is 0 Å². The first kappa shape index (κ1) is 14.8. The molecule has 0 aliphatic heterocycles. The summed E-state index contributed by atoms with van der Waals surface area (Å²) in [5.41, 5.74) is 3.67. The average Bonchev–Trinajstić information content (AvgIpc) is 3.27. The fourth-order valence-corrected chi connectivity index (χ4v) is 3.52. The fourth-order valence-electron chi connectivity index (χ4n) is 3.52. The maximum atomic E-state index is 13.0. The Morgan fingerprint density at radius 3 is 3.00 bits per heavy atom. The molecular formula is C19H16N6O. The van der Waals surface area contributed by atoms with Gasteiger partial charge in [-0.25, -0.2) is 4.98 Å². The van der Waals surface area contributed by atoms with Gasteiger partial charge in [0.05, 0.1) is 16.6 Å². The highest BCUT2D eigenvalue weighted by molar-refractivity contribution is 5.83. The Morgan fingerprint density at radius 2 is 2.08 bits per heavy atom. The zero-order chi connectivity index (χ0) is 17.7. The SMILES string of the molecule is Cc1nc2ncnn2c2ccn(CCc3c[nH]c4ccccc34)c(=O)c12. The molecule has 7 nitrogen and oxygen atoms in total. The van der Waals surface area contributed by atoms with Crippen molar-refractivity contribution in [1.82, 2.24) is 29.1 Å². The van der Waals surface area contributed by atoms with Crippen molar-refractivity contribution in [3.63, 3.8) is 0 Å². The number of nitrogens with zero attached hydrogens (tertiary/aromatic N) is 5. The Bertz CT molecular complexity index is 1330. The lowest BCUT2D eigenvalue weighted by Gasteiger charge is -2.09. The third kappa shape index (κ3) is 2.13. The van der Waals surface area contributed by atoms with E-state index in [-0.39, 0.29) is 5.56 Å². The molecule has 0 spiro atoms. The molecule has 7 heteroatoms. The van der Waals surface area contributed by atoms with Crippen LogP contribution in [0, 0.1) is 6.92 Å². The molecule has 4 heterocycles. The lowest BCUT2D eigenvalue weighted by Crippen LogP contribution is -2.22. The number of para-hydroxylation sites is 1. The largest absolute Gasteiger partial charge is 0.361 e. The van der Waals surface area contributed by atoms with Crippen molar-refractivity contribution in [1.29, 1.82) is 0 Å². The van der Waals surface area contributed by atoms with E-state index in [1.165, 1.54) is 17.3 Å². The van der Waals surface area contributed by atoms with Crippen LogP contribution in [0.2, 0.25) is 0 Å². The van der Waals surface area contributed by atoms with E-state index in [0.29, 0.717) is 23.4 Å². The van der Waals surface area contributed by atoms with E-state index in [0.717, 1.165) is 17.5 Å². The molecule has 0 aliphatic rings. The highest BCUT2D eigenvalue weighted by Crippen LogP contribution is 2.19. The molecule has 0 fully saturated rings. The molecule has 0 saturated carbocycles. The maximum absolute atomic E-state index is 13.0. The second kappa shape index (κ2) is 5.52. The molecule has 26 heavy (non-hydrogen) atoms. The zero-order valence-electron chi connectivity index (χ0n) is 14.2. The number of hydrogen-bond donors (Lipinski definition) is 1. The van der Waals surface area contributed by atoms with Crippen molar-refractivity contribution in [2.24, 2.45) is 0 Å². The molecule has 0 radical (unpaired) electrons. The molecule has 1 N–H and O–H groups in total. The predicted octanol–water partition coefficient (Wildman–Crippen LogP) is 2.47. The quantitative estimate of drug-likeness (QED) is 0.545. The monoisotopic (exact) mass is 344 g/mol. The van der Waals surface area contributed by atoms with Gasteiger partial charge in [0.15, 0.2) is 0 Å². The van der Waals surface area contributed by atoms with Gasteiger partial charge in [-0.1, -0.05) is 18.2 Å². The van der Waals surface area contributed by atoms with Gasteiger partial charge in [0, 0.05) is 29.8 Å². The number of benzene rings is 1. The Kier molecular flexibility index (Phi) is 3.15. The lowest BCUT2D eigenvalue weighted by molar-refractivity contribution is 0.676. The number of aromatic nitrogens is 6. The molecule has 4 aromatic heterocycles. The van der Waals surface area contributed by atoms with Crippen molar-refractivity contribution in [3.05, 3.63) is 70.7 Å². The van der Waals surface area contributed by atoms with Gasteiger partial charge in [0.25, 0.3) is 11.3 Å². The molecule has 0 aliphatic carbocycles. The summed E-state index contributed by atoms with van der Waals surface area (Å²) >= 11 is 0. The first-order chi connectivity index (χ1) is 12.7. The molecule has 0 unspecified atom stereocenters. The van der Waals surface area contributed by atoms with Crippen molar-refractivity contribution in [2.75, 3.05) is 0 Å². The van der Waals surface area contributed by atoms with Crippen LogP contribution in [0.15, 0.2) is 53.8 Å². The number of rotatable bonds is 3. The minimum atomic E-state index is -0.0512. The first-order valence-electron chi connectivity index (χ1n) is 8.47. The second-order valence-corrected chi connectivity index (χ2v) is 6.35. The normalized spacial score (nSPS) is 11.7. The molecule has 5 aromatic rings. The molecule has 5 rings (SSSR count). The van der Waals surface area contributed by atoms with Gasteiger partial charge in [0.1, 0.15) is 6.33 Å². The summed E-state index contributed by atoms with van der Waals surface area (Å²) in [6.45, 7) is 2.44. The molecule has 0 saturated heterocycles. The summed E-state index contributed by atoms with van der Waals surface area (Å²) in [6, 6.07) is 10.1. The van der Waals surface area contributed by atoms with Crippen LogP contribution in [-0.2, 0) is 13.0 Å². The van der Waals surface area contributed by atoms with Crippen molar-refractivity contribution in [2.45, 2.75) is 19.9 Å². The van der Waals surface area contributed by atoms with Crippen LogP contribution in [0.4, 0.5) is 0 Å². The Morgan fingerprint density at radius 1 is 1.19 bits per heavy atom. The summed E-state index contributed by atoms with van der Waals surface area (Å²) in [6.07, 6.45) is 6.06. The van der Waals surface area contributed by atoms with E-state index in [9.17, 15) is 4.79 Å². The highest BCUT2D eigenvalue weighted by atomic mass is 16.1. The third-order valence-electron chi connectivity index (χ3n) is 4.83. The van der Waals surface area contributed by atoms with Gasteiger partial charge >= 0.3 is 0 Å². The Balaban J connectivity index is 1.57. The highest BCUT2D eigenvalue weighted by Gasteiger charge is 2.12. The number of aryl methyl sites for hydroxylation is 3. The van der Waals surface area contributed by atoms with Gasteiger partial charge in [-0.15, -0.1) is 0 Å². The molecular weight excluding hydrogens is 328 g/mol. The maximum Gasteiger partial charge on any atom is 0.261 e. The van der Waals surface area contributed by atoms with Crippen LogP contribution < -0.4 is 5.56 Å². The van der Waals surface area contributed by atoms with Crippen LogP contribution in [0.25, 0.3) is 27.6 Å². The van der Waals surface area contributed by atoms with Crippen molar-refractivity contribution >= 4 is 27.6 Å². The standard InChI is InChI=1S/C19H16N6O/c1-12-17-16(25-19(23-12)21-11-22-25)7-9-24(18(17)26)8-6-13-10-20-15-5-3-2-4-14(13)15/h2-5,7,9-11,20H,6,8H2,1H3. The number of aromatic amines is 1. The Hall–Kier alpha value is -3.48. The van der Waals surface area contributed by atoms with Gasteiger partial charge < -0.3 is 9.55 Å². The van der Waals surface area contributed by atoms with E-state index in [2.05, 4.69) is 32.2 Å². The van der Waals surface area contributed by atoms with Gasteiger partial charge in [-0.05, 0) is 31.0 Å². The first-order valence-corrected chi connectivity index (χ1v) is 8.47. The fraction of sp³-hybridized carbons (Fsp3) is 0.158. The van der Waals surface area contributed by atoms with Crippen LogP contribution in [0.5, 0.6) is 0 Å². The van der Waals surface area contributed by atoms with E-state index in [1.807, 2.05) is 37.5 Å². The molecule has 1 aromatic carbocycles. The average molecular weight is 344 g/mol. The van der Waals surface area contributed by atoms with E-state index in [4.69, 9.17) is 0 Å². The second-order valence-electron chi connectivity index (χ2n) is 6.35. The molecule has 0 amide bonds. The number of H-pyrrole nitrogens is 1. The van der Waals surface area contributed by atoms with E-state index >= 15 is 0 Å². The van der Waals surface area contributed by atoms with Crippen LogP contribution >= 0.6 is 0 Å². The Labute approximate surface area is 147 Å². The predicted molar refractivity (Wildman–Crippen MR) is 99.3 cm³/mol. The summed E-state index contributed by atoms with van der Waals surface area (Å²) < 4.78 is 3.34. The number of hydrogen-bond acceptors (Lipinski definition) is 4. The summed E-state index contributed by atoms with van der Waals surface area (Å²) in [7, 11) is 0. The third-order valence-corrected chi connectivity index (χ3v) is 4.83. The van der Waals surface area contributed by atoms with E-state index < -0.39 is 0 Å². The minimum absolute atomic E-state index is 0.0512. The lowest BCUT2D eigenvalue weighted by atomic mass is 10.1. The van der Waals surface area contributed by atoms with Gasteiger partial charge in [-0.2, -0.15) is 14.6 Å². The van der Waals surface area contributed by atoms with Gasteiger partial charge in [-0.3, -0.25) is 4.79 Å². The number of fused-ring (bicyclic) bond motifs is 4. The summed E-state index contributed by atoms with van der Waals surface area (Å²) in [4.78, 5) is 24.8. The van der Waals surface area contributed by atoms with E-state index in [1.54, 1.807) is 9.08 Å². The summed E-state index contributed by atoms with van der Waals surface area (Å²) in [5.74, 6) is 0.506. The number of pyridine rings is 1. The van der Waals surface area contributed by atoms with Gasteiger partial charge in [0.2, 0.25) is 0 Å². The topological polar surface area (TPSA) is 80.9 Å². The van der Waals surface area contributed by atoms with Crippen LogP contribution in [-0.4, -0.2) is 29.1 Å². The molecule has 128 valence electrons. The van der Waals surface area contributed by atoms with Crippen LogP contribution in [0.1, 0.15) is 11.3 Å². The minimum Gasteiger partial charge on any atom is -0.361 e. The van der Waals surface area contributed by atoms with Crippen molar-refractivity contribution < 1.29 is 0 Å². The smallest absolute Gasteiger partial charge is 0.261 e. The zero-order valence-corrected chi connectivity index (χ0v) is 14.2. The molecule has 0 atom stereocenters.